The highest BCUT2D eigenvalue weighted by Gasteiger charge is 2.27. The second-order valence-electron chi connectivity index (χ2n) is 3.83. The van der Waals surface area contributed by atoms with E-state index in [1.54, 1.807) is 0 Å². The monoisotopic (exact) mass is 258 g/mol. The fourth-order valence-electron chi connectivity index (χ4n) is 2.24. The van der Waals surface area contributed by atoms with Crippen molar-refractivity contribution in [3.05, 3.63) is 22.6 Å². The molecule has 0 saturated heterocycles. The summed E-state index contributed by atoms with van der Waals surface area (Å²) in [5, 5.41) is 0. The minimum atomic E-state index is 0.170. The zero-order valence-electron chi connectivity index (χ0n) is 8.00. The van der Waals surface area contributed by atoms with E-state index in [2.05, 4.69) is 21.4 Å². The van der Waals surface area contributed by atoms with Gasteiger partial charge in [-0.3, -0.25) is 5.84 Å². The lowest BCUT2D eigenvalue weighted by atomic mass is 9.97. The first-order chi connectivity index (χ1) is 6.81. The highest BCUT2D eigenvalue weighted by atomic mass is 79.9. The second kappa shape index (κ2) is 4.47. The first kappa shape index (κ1) is 10.2. The molecule has 0 bridgehead atoms. The number of hydrogen-bond acceptors (Lipinski definition) is 3. The van der Waals surface area contributed by atoms with Crippen LogP contribution in [0.1, 0.15) is 37.5 Å². The zero-order chi connectivity index (χ0) is 9.97. The van der Waals surface area contributed by atoms with Crippen LogP contribution in [0.25, 0.3) is 0 Å². The van der Waals surface area contributed by atoms with E-state index in [4.69, 9.17) is 10.3 Å². The van der Waals surface area contributed by atoms with Crippen LogP contribution in [0.5, 0.6) is 0 Å². The Bertz CT molecular complexity index is 294. The van der Waals surface area contributed by atoms with E-state index < -0.39 is 0 Å². The second-order valence-corrected chi connectivity index (χ2v) is 4.61. The van der Waals surface area contributed by atoms with Gasteiger partial charge in [-0.1, -0.05) is 12.8 Å². The first-order valence-corrected chi connectivity index (χ1v) is 5.82. The summed E-state index contributed by atoms with van der Waals surface area (Å²) in [7, 11) is 0. The van der Waals surface area contributed by atoms with Crippen molar-refractivity contribution in [3.8, 4) is 0 Å². The minimum Gasteiger partial charge on any atom is -0.453 e. The van der Waals surface area contributed by atoms with Crippen molar-refractivity contribution in [1.29, 1.82) is 0 Å². The molecule has 1 aliphatic rings. The summed E-state index contributed by atoms with van der Waals surface area (Å²) in [5.41, 5.74) is 2.86. The minimum absolute atomic E-state index is 0.170. The van der Waals surface area contributed by atoms with Crippen molar-refractivity contribution in [2.24, 2.45) is 11.8 Å². The van der Waals surface area contributed by atoms with Gasteiger partial charge in [-0.2, -0.15) is 0 Å². The summed E-state index contributed by atoms with van der Waals surface area (Å²) >= 11 is 3.30. The average molecular weight is 259 g/mol. The van der Waals surface area contributed by atoms with Gasteiger partial charge < -0.3 is 4.42 Å². The molecule has 1 unspecified atom stereocenters. The van der Waals surface area contributed by atoms with E-state index in [0.29, 0.717) is 5.92 Å². The molecule has 1 fully saturated rings. The Kier molecular flexibility index (Phi) is 3.26. The Balaban J connectivity index is 2.12. The topological polar surface area (TPSA) is 51.2 Å². The predicted molar refractivity (Wildman–Crippen MR) is 58.4 cm³/mol. The maximum atomic E-state index is 5.57. The van der Waals surface area contributed by atoms with Gasteiger partial charge in [0.2, 0.25) is 0 Å². The van der Waals surface area contributed by atoms with Crippen molar-refractivity contribution in [2.75, 3.05) is 0 Å². The number of nitrogens with two attached hydrogens (primary N) is 1. The van der Waals surface area contributed by atoms with Crippen LogP contribution < -0.4 is 11.3 Å². The van der Waals surface area contributed by atoms with Crippen LogP contribution in [0.4, 0.5) is 0 Å². The third-order valence-corrected chi connectivity index (χ3v) is 3.38. The first-order valence-electron chi connectivity index (χ1n) is 5.02. The van der Waals surface area contributed by atoms with Crippen LogP contribution in [0.3, 0.4) is 0 Å². The molecule has 1 saturated carbocycles. The number of hydrazine groups is 1. The standard InChI is InChI=1S/C10H15BrN2O/c11-9-6-5-8(14-9)10(13-12)7-3-1-2-4-7/h5-7,10,13H,1-4,12H2. The van der Waals surface area contributed by atoms with Gasteiger partial charge in [-0.25, -0.2) is 5.43 Å². The fourth-order valence-corrected chi connectivity index (χ4v) is 2.56. The Morgan fingerprint density at radius 2 is 2.14 bits per heavy atom. The summed E-state index contributed by atoms with van der Waals surface area (Å²) in [6, 6.07) is 4.06. The number of nitrogens with one attached hydrogen (secondary N) is 1. The molecule has 3 N–H and O–H groups in total. The molecule has 1 aliphatic carbocycles. The smallest absolute Gasteiger partial charge is 0.169 e. The molecule has 1 aromatic heterocycles. The molecular weight excluding hydrogens is 244 g/mol. The van der Waals surface area contributed by atoms with Crippen LogP contribution in [-0.2, 0) is 0 Å². The summed E-state index contributed by atoms with van der Waals surface area (Å²) < 4.78 is 6.29. The molecule has 1 aromatic rings. The van der Waals surface area contributed by atoms with Gasteiger partial charge in [0.05, 0.1) is 6.04 Å². The van der Waals surface area contributed by atoms with Gasteiger partial charge >= 0.3 is 0 Å². The molecule has 3 nitrogen and oxygen atoms in total. The van der Waals surface area contributed by atoms with E-state index in [0.717, 1.165) is 10.4 Å². The lowest BCUT2D eigenvalue weighted by molar-refractivity contribution is 0.312. The third-order valence-electron chi connectivity index (χ3n) is 2.95. The Labute approximate surface area is 92.1 Å². The number of hydrogen-bond donors (Lipinski definition) is 2. The molecule has 2 rings (SSSR count). The molecule has 1 heterocycles. The van der Waals surface area contributed by atoms with Gasteiger partial charge in [0.25, 0.3) is 0 Å². The molecule has 0 aliphatic heterocycles. The molecule has 0 amide bonds. The van der Waals surface area contributed by atoms with Gasteiger partial charge in [-0.15, -0.1) is 0 Å². The van der Waals surface area contributed by atoms with Gasteiger partial charge in [-0.05, 0) is 46.8 Å². The number of furan rings is 1. The SMILES string of the molecule is NNC(c1ccc(Br)o1)C1CCCC1. The normalized spacial score (nSPS) is 20.1. The molecule has 14 heavy (non-hydrogen) atoms. The van der Waals surface area contributed by atoms with E-state index in [1.807, 2.05) is 12.1 Å². The van der Waals surface area contributed by atoms with Gasteiger partial charge in [0.1, 0.15) is 5.76 Å². The van der Waals surface area contributed by atoms with Crippen LogP contribution in [0.2, 0.25) is 0 Å². The molecular formula is C10H15BrN2O. The maximum absolute atomic E-state index is 5.57. The van der Waals surface area contributed by atoms with Gasteiger partial charge in [0.15, 0.2) is 4.67 Å². The molecule has 1 atom stereocenters. The average Bonchev–Trinajstić information content (AvgIpc) is 2.79. The van der Waals surface area contributed by atoms with Crippen LogP contribution >= 0.6 is 15.9 Å². The lowest BCUT2D eigenvalue weighted by Crippen LogP contribution is -2.32. The Hall–Kier alpha value is -0.320. The lowest BCUT2D eigenvalue weighted by Gasteiger charge is -2.19. The Morgan fingerprint density at radius 1 is 1.43 bits per heavy atom. The Morgan fingerprint density at radius 3 is 2.64 bits per heavy atom. The molecule has 0 aromatic carbocycles. The number of halogens is 1. The largest absolute Gasteiger partial charge is 0.453 e. The molecule has 0 radical (unpaired) electrons. The summed E-state index contributed by atoms with van der Waals surface area (Å²) in [6.45, 7) is 0. The summed E-state index contributed by atoms with van der Waals surface area (Å²) in [5.74, 6) is 7.13. The number of rotatable bonds is 3. The van der Waals surface area contributed by atoms with Crippen LogP contribution in [-0.4, -0.2) is 0 Å². The van der Waals surface area contributed by atoms with Crippen molar-refractivity contribution < 1.29 is 4.42 Å². The highest BCUT2D eigenvalue weighted by Crippen LogP contribution is 2.36. The van der Waals surface area contributed by atoms with Crippen molar-refractivity contribution >= 4 is 15.9 Å². The molecule has 4 heteroatoms. The van der Waals surface area contributed by atoms with E-state index in [1.165, 1.54) is 25.7 Å². The maximum Gasteiger partial charge on any atom is 0.169 e. The zero-order valence-corrected chi connectivity index (χ0v) is 9.59. The van der Waals surface area contributed by atoms with Gasteiger partial charge in [0, 0.05) is 0 Å². The molecule has 0 spiro atoms. The van der Waals surface area contributed by atoms with Crippen molar-refractivity contribution in [2.45, 2.75) is 31.7 Å². The van der Waals surface area contributed by atoms with Crippen molar-refractivity contribution in [1.82, 2.24) is 5.43 Å². The van der Waals surface area contributed by atoms with Crippen molar-refractivity contribution in [3.63, 3.8) is 0 Å². The van der Waals surface area contributed by atoms with E-state index in [-0.39, 0.29) is 6.04 Å². The molecule has 78 valence electrons. The fraction of sp³-hybridized carbons (Fsp3) is 0.600. The van der Waals surface area contributed by atoms with Crippen LogP contribution in [0.15, 0.2) is 21.2 Å². The highest BCUT2D eigenvalue weighted by molar-refractivity contribution is 9.10. The third kappa shape index (κ3) is 2.02. The van der Waals surface area contributed by atoms with E-state index >= 15 is 0 Å². The predicted octanol–water partition coefficient (Wildman–Crippen LogP) is 2.74. The summed E-state index contributed by atoms with van der Waals surface area (Å²) in [4.78, 5) is 0. The quantitative estimate of drug-likeness (QED) is 0.648. The van der Waals surface area contributed by atoms with E-state index in [9.17, 15) is 0 Å². The summed E-state index contributed by atoms with van der Waals surface area (Å²) in [6.07, 6.45) is 5.11. The van der Waals surface area contributed by atoms with Crippen LogP contribution in [0, 0.1) is 5.92 Å².